The van der Waals surface area contributed by atoms with Crippen molar-refractivity contribution in [2.45, 2.75) is 39.0 Å². The van der Waals surface area contributed by atoms with Crippen molar-refractivity contribution in [3.05, 3.63) is 76.0 Å². The molecule has 2 heterocycles. The lowest BCUT2D eigenvalue weighted by atomic mass is 9.98. The minimum absolute atomic E-state index is 0.181. The van der Waals surface area contributed by atoms with E-state index in [1.54, 1.807) is 4.57 Å². The van der Waals surface area contributed by atoms with Crippen LogP contribution in [0.1, 0.15) is 30.9 Å². The standard InChI is InChI=1S/C22H23N3O4/c1-15(2)17-7-9-19(10-8-17)18-5-3-16(4-6-18)13-28-20-11-24-12-21(25(26)27)23-22(24)29-14-20/h3-10,12,15,20H,11,13-14H2,1-2H3/t20-/m0/s1. The van der Waals surface area contributed by atoms with Crippen molar-refractivity contribution in [3.8, 4) is 17.1 Å². The van der Waals surface area contributed by atoms with E-state index in [2.05, 4.69) is 67.4 Å². The van der Waals surface area contributed by atoms with Gasteiger partial charge in [0.1, 0.15) is 18.9 Å². The highest BCUT2D eigenvalue weighted by atomic mass is 16.6. The Balaban J connectivity index is 1.35. The summed E-state index contributed by atoms with van der Waals surface area (Å²) in [5, 5.41) is 10.8. The molecule has 0 fully saturated rings. The van der Waals surface area contributed by atoms with Crippen LogP contribution < -0.4 is 4.74 Å². The molecule has 0 amide bonds. The Labute approximate surface area is 169 Å². The fraction of sp³-hybridized carbons (Fsp3) is 0.318. The number of hydrogen-bond acceptors (Lipinski definition) is 5. The van der Waals surface area contributed by atoms with Gasteiger partial charge in [-0.1, -0.05) is 62.4 Å². The Kier molecular flexibility index (Phi) is 5.31. The third kappa shape index (κ3) is 4.30. The molecule has 2 aromatic carbocycles. The van der Waals surface area contributed by atoms with E-state index in [9.17, 15) is 10.1 Å². The number of fused-ring (bicyclic) bond motifs is 1. The first-order chi connectivity index (χ1) is 14.0. The number of benzene rings is 2. The van der Waals surface area contributed by atoms with Gasteiger partial charge < -0.3 is 19.6 Å². The van der Waals surface area contributed by atoms with Crippen LogP contribution in [-0.2, 0) is 17.9 Å². The Bertz CT molecular complexity index is 994. The van der Waals surface area contributed by atoms with Crippen molar-refractivity contribution in [1.82, 2.24) is 9.55 Å². The molecule has 3 aromatic rings. The Morgan fingerprint density at radius 2 is 1.83 bits per heavy atom. The van der Waals surface area contributed by atoms with E-state index in [4.69, 9.17) is 9.47 Å². The molecule has 0 saturated heterocycles. The zero-order chi connectivity index (χ0) is 20.4. The molecule has 4 rings (SSSR count). The highest BCUT2D eigenvalue weighted by Gasteiger charge is 2.28. The van der Waals surface area contributed by atoms with Crippen LogP contribution in [-0.4, -0.2) is 27.2 Å². The quantitative estimate of drug-likeness (QED) is 0.453. The first-order valence-corrected chi connectivity index (χ1v) is 9.65. The van der Waals surface area contributed by atoms with Gasteiger partial charge in [-0.3, -0.25) is 4.57 Å². The molecule has 0 unspecified atom stereocenters. The van der Waals surface area contributed by atoms with E-state index in [1.807, 2.05) is 0 Å². The summed E-state index contributed by atoms with van der Waals surface area (Å²) in [7, 11) is 0. The maximum absolute atomic E-state index is 10.8. The molecular formula is C22H23N3O4. The highest BCUT2D eigenvalue weighted by molar-refractivity contribution is 5.64. The Hall–Kier alpha value is -3.19. The third-order valence-electron chi connectivity index (χ3n) is 5.06. The number of aromatic nitrogens is 2. The molecule has 7 nitrogen and oxygen atoms in total. The predicted molar refractivity (Wildman–Crippen MR) is 109 cm³/mol. The maximum atomic E-state index is 10.8. The van der Waals surface area contributed by atoms with Crippen LogP contribution in [0.4, 0.5) is 5.82 Å². The van der Waals surface area contributed by atoms with E-state index < -0.39 is 4.92 Å². The largest absolute Gasteiger partial charge is 0.443 e. The smallest absolute Gasteiger partial charge is 0.414 e. The fourth-order valence-corrected chi connectivity index (χ4v) is 3.33. The van der Waals surface area contributed by atoms with E-state index >= 15 is 0 Å². The molecule has 0 saturated carbocycles. The van der Waals surface area contributed by atoms with Crippen LogP contribution in [0, 0.1) is 10.1 Å². The second-order valence-electron chi connectivity index (χ2n) is 7.51. The summed E-state index contributed by atoms with van der Waals surface area (Å²) >= 11 is 0. The van der Waals surface area contributed by atoms with Crippen LogP contribution in [0.25, 0.3) is 11.1 Å². The summed E-state index contributed by atoms with van der Waals surface area (Å²) in [5.41, 5.74) is 4.76. The van der Waals surface area contributed by atoms with Gasteiger partial charge in [0.2, 0.25) is 0 Å². The molecule has 1 aliphatic rings. The van der Waals surface area contributed by atoms with Gasteiger partial charge in [0.15, 0.2) is 0 Å². The van der Waals surface area contributed by atoms with E-state index in [-0.39, 0.29) is 17.9 Å². The summed E-state index contributed by atoms with van der Waals surface area (Å²) in [6.07, 6.45) is 1.20. The predicted octanol–water partition coefficient (Wildman–Crippen LogP) is 4.56. The van der Waals surface area contributed by atoms with Crippen LogP contribution in [0.5, 0.6) is 6.01 Å². The number of nitro groups is 1. The number of imidazole rings is 1. The molecule has 1 aromatic heterocycles. The second-order valence-corrected chi connectivity index (χ2v) is 7.51. The van der Waals surface area contributed by atoms with Crippen LogP contribution >= 0.6 is 0 Å². The summed E-state index contributed by atoms with van der Waals surface area (Å²) in [6.45, 7) is 5.64. The van der Waals surface area contributed by atoms with E-state index in [0.29, 0.717) is 25.7 Å². The molecule has 0 bridgehead atoms. The van der Waals surface area contributed by atoms with Crippen molar-refractivity contribution in [1.29, 1.82) is 0 Å². The summed E-state index contributed by atoms with van der Waals surface area (Å²) in [6, 6.07) is 17.2. The van der Waals surface area contributed by atoms with Gasteiger partial charge in [0.25, 0.3) is 0 Å². The van der Waals surface area contributed by atoms with Gasteiger partial charge in [0, 0.05) is 4.98 Å². The van der Waals surface area contributed by atoms with Crippen molar-refractivity contribution in [2.75, 3.05) is 6.61 Å². The lowest BCUT2D eigenvalue weighted by molar-refractivity contribution is -0.389. The zero-order valence-electron chi connectivity index (χ0n) is 16.4. The minimum atomic E-state index is -0.525. The molecule has 0 N–H and O–H groups in total. The van der Waals surface area contributed by atoms with Gasteiger partial charge in [-0.15, -0.1) is 0 Å². The highest BCUT2D eigenvalue weighted by Crippen LogP contribution is 2.25. The first-order valence-electron chi connectivity index (χ1n) is 9.65. The maximum Gasteiger partial charge on any atom is 0.414 e. The van der Waals surface area contributed by atoms with E-state index in [1.165, 1.54) is 22.9 Å². The SMILES string of the molecule is CC(C)c1ccc(-c2ccc(CO[C@@H]3COc4nc([N+](=O)[O-])cn4C3)cc2)cc1. The average Bonchev–Trinajstić information content (AvgIpc) is 3.16. The molecule has 1 aliphatic heterocycles. The lowest BCUT2D eigenvalue weighted by Crippen LogP contribution is -2.32. The number of hydrogen-bond donors (Lipinski definition) is 0. The van der Waals surface area contributed by atoms with Gasteiger partial charge in [-0.2, -0.15) is 0 Å². The second kappa shape index (κ2) is 8.05. The number of ether oxygens (including phenoxy) is 2. The van der Waals surface area contributed by atoms with Crippen molar-refractivity contribution in [2.24, 2.45) is 0 Å². The summed E-state index contributed by atoms with van der Waals surface area (Å²) in [4.78, 5) is 14.1. The summed E-state index contributed by atoms with van der Waals surface area (Å²) < 4.78 is 13.0. The molecule has 7 heteroatoms. The molecule has 1 atom stereocenters. The molecule has 0 spiro atoms. The minimum Gasteiger partial charge on any atom is -0.443 e. The van der Waals surface area contributed by atoms with Crippen molar-refractivity contribution >= 4 is 5.82 Å². The van der Waals surface area contributed by atoms with Gasteiger partial charge in [-0.25, -0.2) is 0 Å². The zero-order valence-corrected chi connectivity index (χ0v) is 16.4. The van der Waals surface area contributed by atoms with Gasteiger partial charge >= 0.3 is 11.8 Å². The number of rotatable bonds is 6. The molecule has 150 valence electrons. The van der Waals surface area contributed by atoms with E-state index in [0.717, 1.165) is 5.56 Å². The normalized spacial score (nSPS) is 15.8. The van der Waals surface area contributed by atoms with Crippen LogP contribution in [0.2, 0.25) is 0 Å². The topological polar surface area (TPSA) is 79.4 Å². The van der Waals surface area contributed by atoms with Crippen molar-refractivity contribution in [3.63, 3.8) is 0 Å². The van der Waals surface area contributed by atoms with Gasteiger partial charge in [0.05, 0.1) is 13.2 Å². The Morgan fingerprint density at radius 3 is 2.45 bits per heavy atom. The third-order valence-corrected chi connectivity index (χ3v) is 5.06. The van der Waals surface area contributed by atoms with Crippen LogP contribution in [0.15, 0.2) is 54.7 Å². The molecule has 0 radical (unpaired) electrons. The van der Waals surface area contributed by atoms with Crippen LogP contribution in [0.3, 0.4) is 0 Å². The molecule has 29 heavy (non-hydrogen) atoms. The Morgan fingerprint density at radius 1 is 1.17 bits per heavy atom. The average molecular weight is 393 g/mol. The first kappa shape index (κ1) is 19.1. The monoisotopic (exact) mass is 393 g/mol. The summed E-state index contributed by atoms with van der Waals surface area (Å²) in [5.74, 6) is 0.314. The fourth-order valence-electron chi connectivity index (χ4n) is 3.33. The lowest BCUT2D eigenvalue weighted by Gasteiger charge is -2.22. The molecule has 0 aliphatic carbocycles. The van der Waals surface area contributed by atoms with Gasteiger partial charge in [-0.05, 0) is 33.1 Å². The molecular weight excluding hydrogens is 370 g/mol. The van der Waals surface area contributed by atoms with Crippen molar-refractivity contribution < 1.29 is 14.4 Å². The number of nitrogens with zero attached hydrogens (tertiary/aromatic N) is 3.